The maximum absolute atomic E-state index is 12.9. The van der Waals surface area contributed by atoms with Gasteiger partial charge in [0.25, 0.3) is 0 Å². The zero-order valence-corrected chi connectivity index (χ0v) is 25.5. The maximum atomic E-state index is 12.9. The van der Waals surface area contributed by atoms with Gasteiger partial charge in [-0.25, -0.2) is 0 Å². The molecule has 39 heavy (non-hydrogen) atoms. The second kappa shape index (κ2) is 12.3. The number of hydrogen-bond donors (Lipinski definition) is 1. The molecule has 7 nitrogen and oxygen atoms in total. The third-order valence-corrected chi connectivity index (χ3v) is 9.47. The van der Waals surface area contributed by atoms with E-state index < -0.39 is 6.10 Å². The molecule has 1 N–H and O–H groups in total. The van der Waals surface area contributed by atoms with Gasteiger partial charge in [0.15, 0.2) is 17.1 Å². The molecule has 1 amide bonds. The zero-order valence-electron chi connectivity index (χ0n) is 22.4. The molecule has 0 radical (unpaired) electrons. The first kappa shape index (κ1) is 29.5. The van der Waals surface area contributed by atoms with Crippen molar-refractivity contribution >= 4 is 57.2 Å². The molecule has 2 unspecified atom stereocenters. The minimum Gasteiger partial charge on any atom is -0.481 e. The summed E-state index contributed by atoms with van der Waals surface area (Å²) in [6.45, 7) is 12.9. The number of allylic oxidation sites excluding steroid dienone is 1. The van der Waals surface area contributed by atoms with Crippen molar-refractivity contribution in [3.8, 4) is 11.8 Å². The van der Waals surface area contributed by atoms with E-state index in [1.165, 1.54) is 28.0 Å². The molecule has 4 rings (SSSR count). The fraction of sp³-hybridized carbons (Fsp3) is 0.429. The second-order valence-electron chi connectivity index (χ2n) is 10.5. The van der Waals surface area contributed by atoms with E-state index in [4.69, 9.17) is 27.9 Å². The van der Waals surface area contributed by atoms with Gasteiger partial charge in [-0.1, -0.05) is 61.8 Å². The quantitative estimate of drug-likeness (QED) is 0.199. The Morgan fingerprint density at radius 2 is 2.18 bits per heavy atom. The van der Waals surface area contributed by atoms with Crippen LogP contribution in [0.15, 0.2) is 36.0 Å². The number of thioether (sulfide) groups is 1. The van der Waals surface area contributed by atoms with Crippen molar-refractivity contribution in [1.82, 2.24) is 14.8 Å². The lowest BCUT2D eigenvalue weighted by Crippen LogP contribution is -2.26. The van der Waals surface area contributed by atoms with Gasteiger partial charge in [-0.15, -0.1) is 28.1 Å². The van der Waals surface area contributed by atoms with Crippen molar-refractivity contribution in [2.75, 3.05) is 11.1 Å². The van der Waals surface area contributed by atoms with Gasteiger partial charge in [-0.3, -0.25) is 9.36 Å². The summed E-state index contributed by atoms with van der Waals surface area (Å²) in [5.74, 6) is 1.54. The predicted molar refractivity (Wildman–Crippen MR) is 159 cm³/mol. The van der Waals surface area contributed by atoms with Crippen molar-refractivity contribution in [2.45, 2.75) is 64.8 Å². The largest absolute Gasteiger partial charge is 0.481 e. The molecule has 206 valence electrons. The Morgan fingerprint density at radius 1 is 1.41 bits per heavy atom. The van der Waals surface area contributed by atoms with E-state index in [1.807, 2.05) is 11.5 Å². The third-order valence-electron chi connectivity index (χ3n) is 6.81. The molecule has 0 spiro atoms. The molecular weight excluding hydrogens is 573 g/mol. The van der Waals surface area contributed by atoms with E-state index in [9.17, 15) is 10.1 Å². The lowest BCUT2D eigenvalue weighted by molar-refractivity contribution is -0.113. The van der Waals surface area contributed by atoms with Crippen LogP contribution in [0.3, 0.4) is 0 Å². The van der Waals surface area contributed by atoms with Gasteiger partial charge in [-0.05, 0) is 61.3 Å². The average Bonchev–Trinajstić information content (AvgIpc) is 3.44. The number of ether oxygens (including phenoxy) is 1. The highest BCUT2D eigenvalue weighted by Gasteiger charge is 2.32. The summed E-state index contributed by atoms with van der Waals surface area (Å²) < 4.78 is 7.88. The van der Waals surface area contributed by atoms with Crippen LogP contribution >= 0.6 is 46.3 Å². The van der Waals surface area contributed by atoms with Crippen molar-refractivity contribution in [3.63, 3.8) is 0 Å². The number of thiophene rings is 1. The van der Waals surface area contributed by atoms with E-state index >= 15 is 0 Å². The molecule has 0 bridgehead atoms. The number of anilines is 1. The molecular formula is C28H31Cl2N5O2S2. The molecule has 1 aliphatic rings. The lowest BCUT2D eigenvalue weighted by atomic mass is 9.72. The Morgan fingerprint density at radius 3 is 2.85 bits per heavy atom. The molecule has 11 heteroatoms. The first-order chi connectivity index (χ1) is 18.5. The number of carbonyl (C=O) groups excluding carboxylic acids is 1. The van der Waals surface area contributed by atoms with E-state index in [2.05, 4.69) is 48.9 Å². The van der Waals surface area contributed by atoms with Crippen LogP contribution in [0, 0.1) is 22.7 Å². The van der Waals surface area contributed by atoms with Crippen LogP contribution in [0.25, 0.3) is 0 Å². The van der Waals surface area contributed by atoms with Gasteiger partial charge in [0.1, 0.15) is 16.8 Å². The molecule has 0 aliphatic heterocycles. The van der Waals surface area contributed by atoms with Gasteiger partial charge in [0.05, 0.1) is 16.3 Å². The first-order valence-corrected chi connectivity index (χ1v) is 15.2. The van der Waals surface area contributed by atoms with E-state index in [1.54, 1.807) is 24.3 Å². The van der Waals surface area contributed by atoms with E-state index in [0.717, 1.165) is 24.8 Å². The fourth-order valence-electron chi connectivity index (χ4n) is 4.65. The number of fused-ring (bicyclic) bond motifs is 1. The van der Waals surface area contributed by atoms with Gasteiger partial charge in [0, 0.05) is 16.4 Å². The number of nitrogens with zero attached hydrogens (tertiary/aromatic N) is 4. The van der Waals surface area contributed by atoms with E-state index in [-0.39, 0.29) is 17.1 Å². The number of nitriles is 1. The Bertz CT molecular complexity index is 1420. The third kappa shape index (κ3) is 6.80. The number of halogens is 2. The summed E-state index contributed by atoms with van der Waals surface area (Å²) in [5.41, 5.74) is 1.90. The highest BCUT2D eigenvalue weighted by Crippen LogP contribution is 2.44. The number of nitrogens with one attached hydrogen (secondary N) is 1. The van der Waals surface area contributed by atoms with Gasteiger partial charge >= 0.3 is 0 Å². The molecule has 0 saturated heterocycles. The van der Waals surface area contributed by atoms with Crippen LogP contribution in [0.5, 0.6) is 5.75 Å². The maximum Gasteiger partial charge on any atom is 0.235 e. The Kier molecular flexibility index (Phi) is 9.33. The fourth-order valence-corrected chi connectivity index (χ4v) is 7.15. The SMILES string of the molecule is C=CCn1c(SCC(=O)Nc2sc3c(c2C#N)CCC(C(C)(C)C)C3)nnc1C(C)Oc1ccc(Cl)cc1Cl. The number of carbonyl (C=O) groups is 1. The van der Waals surface area contributed by atoms with Crippen LogP contribution < -0.4 is 10.1 Å². The summed E-state index contributed by atoms with van der Waals surface area (Å²) in [7, 11) is 0. The molecule has 2 heterocycles. The Hall–Kier alpha value is -2.51. The van der Waals surface area contributed by atoms with Crippen molar-refractivity contribution in [2.24, 2.45) is 11.3 Å². The summed E-state index contributed by atoms with van der Waals surface area (Å²) in [5, 5.41) is 23.5. The summed E-state index contributed by atoms with van der Waals surface area (Å²) in [4.78, 5) is 14.2. The molecule has 2 atom stereocenters. The van der Waals surface area contributed by atoms with Crippen molar-refractivity contribution in [3.05, 3.63) is 62.7 Å². The molecule has 0 fully saturated rings. The molecule has 2 aromatic heterocycles. The molecule has 3 aromatic rings. The highest BCUT2D eigenvalue weighted by molar-refractivity contribution is 7.99. The minimum absolute atomic E-state index is 0.117. The van der Waals surface area contributed by atoms with Gasteiger partial charge in [-0.2, -0.15) is 5.26 Å². The standard InChI is InChI=1S/C28H31Cl2N5O2S2/c1-6-11-35-25(16(2)37-22-10-8-18(29)13-21(22)30)33-34-27(35)38-15-24(36)32-26-20(14-31)19-9-7-17(28(3,4)5)12-23(19)39-26/h6,8,10,13,16-17H,1,7,9,11-12,15H2,2-5H3,(H,32,36). The number of benzene rings is 1. The average molecular weight is 605 g/mol. The van der Waals surface area contributed by atoms with Crippen LogP contribution in [0.1, 0.15) is 62.0 Å². The highest BCUT2D eigenvalue weighted by atomic mass is 35.5. The van der Waals surface area contributed by atoms with Gasteiger partial charge in [0.2, 0.25) is 5.91 Å². The zero-order chi connectivity index (χ0) is 28.3. The normalized spacial score (nSPS) is 15.8. The predicted octanol–water partition coefficient (Wildman–Crippen LogP) is 7.73. The summed E-state index contributed by atoms with van der Waals surface area (Å²) in [6, 6.07) is 7.35. The molecule has 0 saturated carbocycles. The number of amides is 1. The topological polar surface area (TPSA) is 92.8 Å². The Labute approximate surface area is 247 Å². The second-order valence-corrected chi connectivity index (χ2v) is 13.4. The summed E-state index contributed by atoms with van der Waals surface area (Å²) >= 11 is 15.1. The summed E-state index contributed by atoms with van der Waals surface area (Å²) in [6.07, 6.45) is 4.14. The van der Waals surface area contributed by atoms with Crippen LogP contribution in [0.4, 0.5) is 5.00 Å². The van der Waals surface area contributed by atoms with Crippen LogP contribution in [-0.4, -0.2) is 26.4 Å². The van der Waals surface area contributed by atoms with Crippen molar-refractivity contribution in [1.29, 1.82) is 5.26 Å². The first-order valence-electron chi connectivity index (χ1n) is 12.6. The minimum atomic E-state index is -0.466. The lowest BCUT2D eigenvalue weighted by Gasteiger charge is -2.33. The monoisotopic (exact) mass is 603 g/mol. The number of aromatic nitrogens is 3. The Balaban J connectivity index is 1.44. The number of hydrogen-bond acceptors (Lipinski definition) is 7. The van der Waals surface area contributed by atoms with Gasteiger partial charge < -0.3 is 10.1 Å². The van der Waals surface area contributed by atoms with E-state index in [0.29, 0.717) is 49.8 Å². The smallest absolute Gasteiger partial charge is 0.235 e. The van der Waals surface area contributed by atoms with Crippen LogP contribution in [0.2, 0.25) is 10.0 Å². The van der Waals surface area contributed by atoms with Crippen molar-refractivity contribution < 1.29 is 9.53 Å². The molecule has 1 aliphatic carbocycles. The molecule has 1 aromatic carbocycles. The number of rotatable bonds is 9. The van der Waals surface area contributed by atoms with Crippen LogP contribution in [-0.2, 0) is 24.2 Å².